The van der Waals surface area contributed by atoms with Crippen molar-refractivity contribution < 1.29 is 20.4 Å². The average Bonchev–Trinajstić information content (AvgIpc) is 1.63. The lowest BCUT2D eigenvalue weighted by Crippen LogP contribution is -2.30. The van der Waals surface area contributed by atoms with E-state index in [4.69, 9.17) is 0 Å². The SMILES string of the molecule is Cc1ccc2c(c1)c1c(n2CC(CC(C)(C)O)c2ccncc2)CCN(C)C1.Cc1ccc2c(c1)c1c(n2CC(CC(O)C(C)(C)C)c2ccncc2)CCN(C)C1.Cc1ccc2c(c1)c1c(n2CC(CCO)c2ccncc2)CCN(C)C1.Cc1ccc2c(c1)c1c(n2CC(CO)c2ccncc2)CCN(C)C1. The van der Waals surface area contributed by atoms with E-state index in [0.29, 0.717) is 5.92 Å². The van der Waals surface area contributed by atoms with Gasteiger partial charge in [0.15, 0.2) is 0 Å². The third-order valence-electron chi connectivity index (χ3n) is 23.7. The number of hydrogen-bond donors (Lipinski definition) is 4. The second-order valence-electron chi connectivity index (χ2n) is 33.9. The van der Waals surface area contributed by atoms with E-state index in [-0.39, 0.29) is 42.5 Å². The van der Waals surface area contributed by atoms with Crippen molar-refractivity contribution in [2.75, 3.05) is 67.6 Å². The number of aliphatic hydroxyl groups excluding tert-OH is 3. The van der Waals surface area contributed by atoms with Gasteiger partial charge in [-0.05, 0) is 236 Å². The molecular formula is C93H118N12O4. The van der Waals surface area contributed by atoms with Crippen LogP contribution >= 0.6 is 0 Å². The summed E-state index contributed by atoms with van der Waals surface area (Å²) in [7, 11) is 8.81. The molecule has 12 heterocycles. The summed E-state index contributed by atoms with van der Waals surface area (Å²) in [6, 6.07) is 43.8. The molecule has 0 spiro atoms. The predicted molar refractivity (Wildman–Crippen MR) is 445 cm³/mol. The average molecular weight is 1470 g/mol. The molecule has 0 saturated carbocycles. The third-order valence-corrected chi connectivity index (χ3v) is 23.7. The maximum absolute atomic E-state index is 10.9. The van der Waals surface area contributed by atoms with Crippen molar-refractivity contribution in [3.63, 3.8) is 0 Å². The first-order valence-corrected chi connectivity index (χ1v) is 39.8. The number of aromatic nitrogens is 8. The molecule has 5 unspecified atom stereocenters. The van der Waals surface area contributed by atoms with Gasteiger partial charge in [0.2, 0.25) is 0 Å². The van der Waals surface area contributed by atoms with E-state index in [1.807, 2.05) is 63.2 Å². The zero-order chi connectivity index (χ0) is 76.8. The Morgan fingerprint density at radius 2 is 0.651 bits per heavy atom. The lowest BCUT2D eigenvalue weighted by Gasteiger charge is -2.31. The van der Waals surface area contributed by atoms with E-state index >= 15 is 0 Å². The van der Waals surface area contributed by atoms with Crippen LogP contribution in [0.15, 0.2) is 171 Å². The standard InChI is InChI=1S/C26H35N3O.C24H31N3O.C22H27N3O.C21H25N3O/c1-18-6-7-23-21(14-18)22-17-28(5)13-10-24(22)29(23)16-20(15-25(30)26(2,3)4)19-8-11-27-12-9-19;1-17-5-6-22-20(13-17)21-16-26(4)12-9-23(21)27(22)15-19(14-24(2,3)28)18-7-10-25-11-8-18;1-16-3-4-21-19(13-16)20-15-24(2)11-7-22(20)25(21)14-18(8-12-26)17-5-9-23-10-6-17;1-15-3-4-20-18(11-15)19-13-23(2)10-7-21(19)24(20)12-17(14-25)16-5-8-22-9-6-16/h6-9,11-12,14,20,25,30H,10,13,15-17H2,1-5H3;5-8,10-11,13,19,28H,9,12,14-16H2,1-4H3;3-6,9-10,13,18,26H,7-8,11-12,14-15H2,1-2H3;3-6,8-9,11,17,25H,7,10,12-14H2,1-2H3. The van der Waals surface area contributed by atoms with Crippen molar-refractivity contribution >= 4 is 43.6 Å². The molecule has 0 aliphatic carbocycles. The molecule has 8 aromatic heterocycles. The summed E-state index contributed by atoms with van der Waals surface area (Å²) in [5.74, 6) is 0.860. The molecule has 0 radical (unpaired) electrons. The molecular weight excluding hydrogens is 1350 g/mol. The van der Waals surface area contributed by atoms with Gasteiger partial charge in [0.05, 0.1) is 18.3 Å². The largest absolute Gasteiger partial charge is 0.396 e. The quantitative estimate of drug-likeness (QED) is 0.0606. The van der Waals surface area contributed by atoms with Gasteiger partial charge >= 0.3 is 0 Å². The molecule has 16 rings (SSSR count). The highest BCUT2D eigenvalue weighted by atomic mass is 16.3. The van der Waals surface area contributed by atoms with Gasteiger partial charge in [-0.1, -0.05) is 67.3 Å². The number of hydrogen-bond acceptors (Lipinski definition) is 12. The molecule has 109 heavy (non-hydrogen) atoms. The van der Waals surface area contributed by atoms with Crippen molar-refractivity contribution in [3.8, 4) is 0 Å². The second kappa shape index (κ2) is 34.3. The minimum atomic E-state index is -0.715. The predicted octanol–water partition coefficient (Wildman–Crippen LogP) is 15.8. The number of benzene rings is 4. The zero-order valence-electron chi connectivity index (χ0n) is 67.1. The Bertz CT molecular complexity index is 5030. The Morgan fingerprint density at radius 1 is 0.376 bits per heavy atom. The van der Waals surface area contributed by atoms with Crippen LogP contribution in [-0.2, 0) is 78.0 Å². The number of fused-ring (bicyclic) bond motifs is 12. The van der Waals surface area contributed by atoms with Crippen molar-refractivity contribution in [2.24, 2.45) is 5.41 Å². The van der Waals surface area contributed by atoms with Gasteiger partial charge in [-0.3, -0.25) is 19.9 Å². The van der Waals surface area contributed by atoms with Gasteiger partial charge in [0.1, 0.15) is 0 Å². The Hall–Kier alpha value is -8.68. The van der Waals surface area contributed by atoms with E-state index in [1.54, 1.807) is 12.4 Å². The first kappa shape index (κ1) is 78.4. The monoisotopic (exact) mass is 1470 g/mol. The smallest absolute Gasteiger partial charge is 0.0598 e. The van der Waals surface area contributed by atoms with Crippen LogP contribution in [0.1, 0.15) is 167 Å². The number of nitrogens with zero attached hydrogens (tertiary/aromatic N) is 12. The molecule has 12 aromatic rings. The Balaban J connectivity index is 0.000000128. The topological polar surface area (TPSA) is 165 Å². The highest BCUT2D eigenvalue weighted by Crippen LogP contribution is 2.41. The maximum Gasteiger partial charge on any atom is 0.0598 e. The Kier molecular flexibility index (Phi) is 24.7. The number of likely N-dealkylation sites (N-methyl/N-ethyl adjacent to an activating group) is 4. The molecule has 0 amide bonds. The van der Waals surface area contributed by atoms with E-state index in [0.717, 1.165) is 129 Å². The van der Waals surface area contributed by atoms with Gasteiger partial charge in [-0.2, -0.15) is 0 Å². The lowest BCUT2D eigenvalue weighted by molar-refractivity contribution is 0.0477. The fraction of sp³-hybridized carbons (Fsp3) is 0.441. The van der Waals surface area contributed by atoms with E-state index in [2.05, 4.69) is 244 Å². The fourth-order valence-corrected chi connectivity index (χ4v) is 17.7. The van der Waals surface area contributed by atoms with Crippen LogP contribution in [0.4, 0.5) is 0 Å². The van der Waals surface area contributed by atoms with Crippen LogP contribution < -0.4 is 0 Å². The van der Waals surface area contributed by atoms with E-state index in [9.17, 15) is 20.4 Å². The molecule has 0 bridgehead atoms. The lowest BCUT2D eigenvalue weighted by atomic mass is 9.81. The number of pyridine rings is 4. The molecule has 4 N–H and O–H groups in total. The van der Waals surface area contributed by atoms with Crippen molar-refractivity contribution in [3.05, 3.63) is 260 Å². The minimum absolute atomic E-state index is 0.0867. The first-order valence-electron chi connectivity index (χ1n) is 39.8. The highest BCUT2D eigenvalue weighted by molar-refractivity contribution is 5.89. The summed E-state index contributed by atoms with van der Waals surface area (Å²) in [6.07, 6.45) is 20.9. The van der Waals surface area contributed by atoms with E-state index in [1.165, 1.54) is 128 Å². The van der Waals surface area contributed by atoms with Gasteiger partial charge in [0, 0.05) is 250 Å². The zero-order valence-corrected chi connectivity index (χ0v) is 67.1. The van der Waals surface area contributed by atoms with Crippen LogP contribution in [0, 0.1) is 33.1 Å². The molecule has 4 aliphatic rings. The second-order valence-corrected chi connectivity index (χ2v) is 33.9. The maximum atomic E-state index is 10.9. The highest BCUT2D eigenvalue weighted by Gasteiger charge is 2.33. The van der Waals surface area contributed by atoms with Crippen molar-refractivity contribution in [1.29, 1.82) is 0 Å². The van der Waals surface area contributed by atoms with Crippen LogP contribution in [0.2, 0.25) is 0 Å². The summed E-state index contributed by atoms with van der Waals surface area (Å²) < 4.78 is 10.0. The van der Waals surface area contributed by atoms with Gasteiger partial charge in [0.25, 0.3) is 0 Å². The molecule has 0 saturated heterocycles. The molecule has 4 aromatic carbocycles. The van der Waals surface area contributed by atoms with Crippen LogP contribution in [0.25, 0.3) is 43.6 Å². The van der Waals surface area contributed by atoms with Crippen LogP contribution in [0.5, 0.6) is 0 Å². The number of aliphatic hydroxyl groups is 4. The molecule has 5 atom stereocenters. The minimum Gasteiger partial charge on any atom is -0.396 e. The van der Waals surface area contributed by atoms with Crippen LogP contribution in [0.3, 0.4) is 0 Å². The number of rotatable bonds is 19. The summed E-state index contributed by atoms with van der Waals surface area (Å²) in [6.45, 7) is 31.1. The molecule has 574 valence electrons. The van der Waals surface area contributed by atoms with Crippen molar-refractivity contribution in [1.82, 2.24) is 57.8 Å². The Labute approximate surface area is 646 Å². The van der Waals surface area contributed by atoms with Crippen molar-refractivity contribution in [2.45, 2.75) is 195 Å². The summed E-state index contributed by atoms with van der Waals surface area (Å²) in [4.78, 5) is 26.3. The van der Waals surface area contributed by atoms with E-state index < -0.39 is 5.60 Å². The summed E-state index contributed by atoms with van der Waals surface area (Å²) in [5.41, 5.74) is 26.3. The molecule has 16 heteroatoms. The van der Waals surface area contributed by atoms with Gasteiger partial charge < -0.3 is 58.3 Å². The molecule has 16 nitrogen and oxygen atoms in total. The normalized spacial score (nSPS) is 16.4. The summed E-state index contributed by atoms with van der Waals surface area (Å²) >= 11 is 0. The number of aryl methyl sites for hydroxylation is 4. The first-order chi connectivity index (χ1) is 52.4. The molecule has 0 fully saturated rings. The van der Waals surface area contributed by atoms with Crippen LogP contribution in [-0.4, -0.2) is 158 Å². The third kappa shape index (κ3) is 18.2. The molecule has 4 aliphatic heterocycles. The Morgan fingerprint density at radius 3 is 0.945 bits per heavy atom. The van der Waals surface area contributed by atoms with Gasteiger partial charge in [-0.15, -0.1) is 0 Å². The fourth-order valence-electron chi connectivity index (χ4n) is 17.7. The van der Waals surface area contributed by atoms with Gasteiger partial charge in [-0.25, -0.2) is 0 Å². The summed E-state index contributed by atoms with van der Waals surface area (Å²) in [5, 5.41) is 46.7.